The molecule has 1 amide bonds. The largest absolute Gasteiger partial charge is 0.460 e. The zero-order valence-corrected chi connectivity index (χ0v) is 18.8. The van der Waals surface area contributed by atoms with E-state index in [0.717, 1.165) is 18.8 Å². The minimum atomic E-state index is -0.472. The average Bonchev–Trinajstić information content (AvgIpc) is 3.02. The number of carbonyl (C=O) groups excluding carboxylic acids is 2. The van der Waals surface area contributed by atoms with Crippen LogP contribution in [0.15, 0.2) is 24.3 Å². The standard InChI is InChI=1S/C23H31N3O5/c1-14-12-26(13-15(2)31-14)19-8-6-18(7-9-19)25-22(27)21-16(3)20(17(4)24-21)23(28)30-11-10-29-5/h6-9,14-15,24H,10-13H2,1-5H3,(H,25,27). The summed E-state index contributed by atoms with van der Waals surface area (Å²) in [5.41, 5.74) is 3.65. The zero-order chi connectivity index (χ0) is 22.5. The number of aromatic amines is 1. The Balaban J connectivity index is 1.68. The molecule has 0 saturated carbocycles. The van der Waals surface area contributed by atoms with Gasteiger partial charge in [0.05, 0.1) is 24.4 Å². The van der Waals surface area contributed by atoms with Gasteiger partial charge < -0.3 is 29.4 Å². The number of morpholine rings is 1. The minimum absolute atomic E-state index is 0.161. The number of H-pyrrole nitrogens is 1. The van der Waals surface area contributed by atoms with Crippen LogP contribution in [-0.4, -0.2) is 62.5 Å². The molecule has 0 aliphatic carbocycles. The molecule has 1 aliphatic rings. The summed E-state index contributed by atoms with van der Waals surface area (Å²) in [6.07, 6.45) is 0.357. The maximum Gasteiger partial charge on any atom is 0.340 e. The topological polar surface area (TPSA) is 92.9 Å². The van der Waals surface area contributed by atoms with Crippen LogP contribution >= 0.6 is 0 Å². The Hall–Kier alpha value is -2.84. The van der Waals surface area contributed by atoms with Gasteiger partial charge in [-0.15, -0.1) is 0 Å². The van der Waals surface area contributed by atoms with Crippen LogP contribution in [0.3, 0.4) is 0 Å². The first-order valence-electron chi connectivity index (χ1n) is 10.5. The second kappa shape index (κ2) is 9.98. The van der Waals surface area contributed by atoms with Gasteiger partial charge in [-0.3, -0.25) is 4.79 Å². The molecule has 1 saturated heterocycles. The van der Waals surface area contributed by atoms with Gasteiger partial charge in [-0.25, -0.2) is 4.79 Å². The number of amides is 1. The van der Waals surface area contributed by atoms with Crippen molar-refractivity contribution >= 4 is 23.3 Å². The van der Waals surface area contributed by atoms with E-state index in [4.69, 9.17) is 14.2 Å². The molecule has 2 aromatic rings. The first-order valence-corrected chi connectivity index (χ1v) is 10.5. The SMILES string of the molecule is COCCOC(=O)c1c(C)[nH]c(C(=O)Nc2ccc(N3CC(C)OC(C)C3)cc2)c1C. The molecule has 2 N–H and O–H groups in total. The highest BCUT2D eigenvalue weighted by molar-refractivity contribution is 6.06. The highest BCUT2D eigenvalue weighted by Crippen LogP contribution is 2.24. The lowest BCUT2D eigenvalue weighted by molar-refractivity contribution is -0.00522. The number of aromatic nitrogens is 1. The summed E-state index contributed by atoms with van der Waals surface area (Å²) in [5, 5.41) is 2.89. The number of aryl methyl sites for hydroxylation is 1. The number of hydrogen-bond donors (Lipinski definition) is 2. The molecule has 1 aromatic heterocycles. The van der Waals surface area contributed by atoms with Crippen molar-refractivity contribution in [3.63, 3.8) is 0 Å². The van der Waals surface area contributed by atoms with E-state index in [1.807, 2.05) is 24.3 Å². The van der Waals surface area contributed by atoms with E-state index >= 15 is 0 Å². The number of ether oxygens (including phenoxy) is 3. The third kappa shape index (κ3) is 5.45. The van der Waals surface area contributed by atoms with Crippen LogP contribution in [-0.2, 0) is 14.2 Å². The van der Waals surface area contributed by atoms with Crippen molar-refractivity contribution in [3.05, 3.63) is 46.8 Å². The molecule has 8 heteroatoms. The van der Waals surface area contributed by atoms with Gasteiger partial charge in [0.2, 0.25) is 0 Å². The molecule has 2 unspecified atom stereocenters. The lowest BCUT2D eigenvalue weighted by atomic mass is 10.1. The number of methoxy groups -OCH3 is 1. The van der Waals surface area contributed by atoms with Crippen molar-refractivity contribution < 1.29 is 23.8 Å². The molecule has 1 aliphatic heterocycles. The molecule has 2 atom stereocenters. The summed E-state index contributed by atoms with van der Waals surface area (Å²) in [6, 6.07) is 7.74. The van der Waals surface area contributed by atoms with Gasteiger partial charge in [0, 0.05) is 37.3 Å². The summed E-state index contributed by atoms with van der Waals surface area (Å²) in [5.74, 6) is -0.779. The predicted octanol–water partition coefficient (Wildman–Crippen LogP) is 3.30. The Bertz CT molecular complexity index is 912. The zero-order valence-electron chi connectivity index (χ0n) is 18.8. The Morgan fingerprint density at radius 1 is 1.13 bits per heavy atom. The normalized spacial score (nSPS) is 18.7. The Labute approximate surface area is 182 Å². The number of rotatable bonds is 7. The predicted molar refractivity (Wildman–Crippen MR) is 119 cm³/mol. The van der Waals surface area contributed by atoms with E-state index in [2.05, 4.69) is 29.0 Å². The van der Waals surface area contributed by atoms with Crippen LogP contribution in [0, 0.1) is 13.8 Å². The number of nitrogens with zero attached hydrogens (tertiary/aromatic N) is 1. The maximum absolute atomic E-state index is 12.8. The van der Waals surface area contributed by atoms with E-state index < -0.39 is 5.97 Å². The van der Waals surface area contributed by atoms with Gasteiger partial charge in [0.1, 0.15) is 12.3 Å². The van der Waals surface area contributed by atoms with E-state index in [-0.39, 0.29) is 24.7 Å². The van der Waals surface area contributed by atoms with E-state index in [1.165, 1.54) is 7.11 Å². The number of benzene rings is 1. The Morgan fingerprint density at radius 3 is 2.39 bits per heavy atom. The van der Waals surface area contributed by atoms with Gasteiger partial charge in [0.25, 0.3) is 5.91 Å². The van der Waals surface area contributed by atoms with Crippen molar-refractivity contribution in [1.29, 1.82) is 0 Å². The fourth-order valence-corrected chi connectivity index (χ4v) is 3.91. The van der Waals surface area contributed by atoms with Crippen LogP contribution in [0.2, 0.25) is 0 Å². The van der Waals surface area contributed by atoms with Gasteiger partial charge in [-0.2, -0.15) is 0 Å². The summed E-state index contributed by atoms with van der Waals surface area (Å²) in [6.45, 7) is 9.76. The second-order valence-electron chi connectivity index (χ2n) is 7.92. The number of carbonyl (C=O) groups is 2. The first-order chi connectivity index (χ1) is 14.8. The molecule has 2 heterocycles. The molecule has 168 valence electrons. The molecule has 1 aromatic carbocycles. The number of nitrogens with one attached hydrogen (secondary N) is 2. The first kappa shape index (κ1) is 22.8. The monoisotopic (exact) mass is 429 g/mol. The average molecular weight is 430 g/mol. The quantitative estimate of drug-likeness (QED) is 0.518. The van der Waals surface area contributed by atoms with Crippen molar-refractivity contribution in [2.24, 2.45) is 0 Å². The van der Waals surface area contributed by atoms with Crippen LogP contribution < -0.4 is 10.2 Å². The van der Waals surface area contributed by atoms with E-state index in [0.29, 0.717) is 34.8 Å². The number of esters is 1. The molecule has 3 rings (SSSR count). The number of anilines is 2. The Kier molecular flexibility index (Phi) is 7.35. The van der Waals surface area contributed by atoms with Gasteiger partial charge in [0.15, 0.2) is 0 Å². The van der Waals surface area contributed by atoms with Gasteiger partial charge in [-0.05, 0) is 57.5 Å². The summed E-state index contributed by atoms with van der Waals surface area (Å²) < 4.78 is 15.9. The van der Waals surface area contributed by atoms with Crippen LogP contribution in [0.5, 0.6) is 0 Å². The second-order valence-corrected chi connectivity index (χ2v) is 7.92. The molecule has 8 nitrogen and oxygen atoms in total. The van der Waals surface area contributed by atoms with E-state index in [9.17, 15) is 9.59 Å². The summed E-state index contributed by atoms with van der Waals surface area (Å²) >= 11 is 0. The van der Waals surface area contributed by atoms with Crippen molar-refractivity contribution in [3.8, 4) is 0 Å². The lowest BCUT2D eigenvalue weighted by Gasteiger charge is -2.36. The van der Waals surface area contributed by atoms with Crippen LogP contribution in [0.25, 0.3) is 0 Å². The highest BCUT2D eigenvalue weighted by Gasteiger charge is 2.24. The molecule has 0 radical (unpaired) electrons. The number of hydrogen-bond acceptors (Lipinski definition) is 6. The third-order valence-electron chi connectivity index (χ3n) is 5.30. The fourth-order valence-electron chi connectivity index (χ4n) is 3.91. The van der Waals surface area contributed by atoms with Gasteiger partial charge in [-0.1, -0.05) is 0 Å². The van der Waals surface area contributed by atoms with Crippen molar-refractivity contribution in [1.82, 2.24) is 4.98 Å². The van der Waals surface area contributed by atoms with E-state index in [1.54, 1.807) is 13.8 Å². The molecule has 1 fully saturated rings. The molecular weight excluding hydrogens is 398 g/mol. The van der Waals surface area contributed by atoms with Crippen LogP contribution in [0.4, 0.5) is 11.4 Å². The van der Waals surface area contributed by atoms with Gasteiger partial charge >= 0.3 is 5.97 Å². The molecular formula is C23H31N3O5. The summed E-state index contributed by atoms with van der Waals surface area (Å²) in [4.78, 5) is 30.5. The van der Waals surface area contributed by atoms with Crippen molar-refractivity contribution in [2.75, 3.05) is 43.6 Å². The van der Waals surface area contributed by atoms with Crippen LogP contribution in [0.1, 0.15) is 46.0 Å². The molecule has 0 bridgehead atoms. The summed E-state index contributed by atoms with van der Waals surface area (Å²) in [7, 11) is 1.54. The maximum atomic E-state index is 12.8. The Morgan fingerprint density at radius 2 is 1.77 bits per heavy atom. The third-order valence-corrected chi connectivity index (χ3v) is 5.30. The van der Waals surface area contributed by atoms with Crippen molar-refractivity contribution in [2.45, 2.75) is 39.9 Å². The molecule has 31 heavy (non-hydrogen) atoms. The highest BCUT2D eigenvalue weighted by atomic mass is 16.6. The lowest BCUT2D eigenvalue weighted by Crippen LogP contribution is -2.45. The minimum Gasteiger partial charge on any atom is -0.460 e. The fraction of sp³-hybridized carbons (Fsp3) is 0.478. The molecule has 0 spiro atoms. The smallest absolute Gasteiger partial charge is 0.340 e.